The molecule has 1 atom stereocenters. The molecule has 29 heavy (non-hydrogen) atoms. The quantitative estimate of drug-likeness (QED) is 0.713. The van der Waals surface area contributed by atoms with E-state index in [9.17, 15) is 4.79 Å². The third-order valence-electron chi connectivity index (χ3n) is 6.38. The number of piperazine rings is 1. The van der Waals surface area contributed by atoms with E-state index in [1.807, 2.05) is 0 Å². The van der Waals surface area contributed by atoms with Crippen molar-refractivity contribution in [2.75, 3.05) is 50.7 Å². The largest absolute Gasteiger partial charge is 0.461 e. The van der Waals surface area contributed by atoms with E-state index in [0.717, 1.165) is 70.9 Å². The molecular formula is C20H28Cl2N4O2S. The topological polar surface area (TPSA) is 57.7 Å². The fraction of sp³-hybridized carbons (Fsp3) is 0.600. The number of ether oxygens (including phenoxy) is 1. The predicted molar refractivity (Wildman–Crippen MR) is 122 cm³/mol. The molecule has 1 spiro atoms. The Morgan fingerprint density at radius 3 is 2.62 bits per heavy atom. The van der Waals surface area contributed by atoms with Crippen LogP contribution in [0.1, 0.15) is 19.3 Å². The number of benzene rings is 1. The Hall–Kier alpha value is -1.12. The van der Waals surface area contributed by atoms with E-state index in [1.54, 1.807) is 11.5 Å². The SMILES string of the molecule is Cl.Cl.O=C1OC(CN2CCN(c3nsc4ccccc34)CC2)CC12CCNCC2. The molecule has 5 rings (SSSR count). The summed E-state index contributed by atoms with van der Waals surface area (Å²) in [6.07, 6.45) is 2.80. The molecule has 1 aromatic heterocycles. The summed E-state index contributed by atoms with van der Waals surface area (Å²) in [6, 6.07) is 8.45. The van der Waals surface area contributed by atoms with Gasteiger partial charge in [0, 0.05) is 44.5 Å². The van der Waals surface area contributed by atoms with Crippen LogP contribution in [0.2, 0.25) is 0 Å². The minimum Gasteiger partial charge on any atom is -0.461 e. The van der Waals surface area contributed by atoms with Gasteiger partial charge in [0.2, 0.25) is 0 Å². The number of aromatic nitrogens is 1. The molecule has 0 aliphatic carbocycles. The number of cyclic esters (lactones) is 1. The summed E-state index contributed by atoms with van der Waals surface area (Å²) in [5.41, 5.74) is -0.211. The molecule has 3 aliphatic rings. The second kappa shape index (κ2) is 9.35. The molecule has 4 heterocycles. The highest BCUT2D eigenvalue weighted by atomic mass is 35.5. The molecule has 1 aromatic carbocycles. The number of halogens is 2. The molecule has 1 unspecified atom stereocenters. The van der Waals surface area contributed by atoms with Crippen LogP contribution < -0.4 is 10.2 Å². The Morgan fingerprint density at radius 2 is 1.86 bits per heavy atom. The number of nitrogens with one attached hydrogen (secondary N) is 1. The third kappa shape index (κ3) is 4.35. The third-order valence-corrected chi connectivity index (χ3v) is 7.19. The number of rotatable bonds is 3. The normalized spacial score (nSPS) is 24.2. The van der Waals surface area contributed by atoms with Crippen LogP contribution in [-0.4, -0.2) is 67.2 Å². The number of esters is 1. The summed E-state index contributed by atoms with van der Waals surface area (Å²) in [5.74, 6) is 1.16. The van der Waals surface area contributed by atoms with Gasteiger partial charge in [0.05, 0.1) is 10.1 Å². The molecule has 0 saturated carbocycles. The Labute approximate surface area is 187 Å². The molecule has 0 bridgehead atoms. The van der Waals surface area contributed by atoms with Crippen molar-refractivity contribution in [2.24, 2.45) is 5.41 Å². The molecule has 0 amide bonds. The van der Waals surface area contributed by atoms with Crippen LogP contribution in [0, 0.1) is 5.41 Å². The van der Waals surface area contributed by atoms with Crippen molar-refractivity contribution < 1.29 is 9.53 Å². The fourth-order valence-corrected chi connectivity index (χ4v) is 5.58. The van der Waals surface area contributed by atoms with E-state index < -0.39 is 0 Å². The molecular weight excluding hydrogens is 431 g/mol. The molecule has 6 nitrogen and oxygen atoms in total. The summed E-state index contributed by atoms with van der Waals surface area (Å²) in [6.45, 7) is 6.67. The highest BCUT2D eigenvalue weighted by molar-refractivity contribution is 7.13. The van der Waals surface area contributed by atoms with E-state index in [0.29, 0.717) is 0 Å². The van der Waals surface area contributed by atoms with E-state index >= 15 is 0 Å². The highest BCUT2D eigenvalue weighted by Gasteiger charge is 2.49. The minimum absolute atomic E-state index is 0. The number of piperidine rings is 1. The van der Waals surface area contributed by atoms with Gasteiger partial charge in [-0.25, -0.2) is 0 Å². The van der Waals surface area contributed by atoms with Gasteiger partial charge in [-0.1, -0.05) is 12.1 Å². The van der Waals surface area contributed by atoms with Crippen LogP contribution in [0.15, 0.2) is 24.3 Å². The van der Waals surface area contributed by atoms with Crippen molar-refractivity contribution in [3.05, 3.63) is 24.3 Å². The van der Waals surface area contributed by atoms with Crippen molar-refractivity contribution in [2.45, 2.75) is 25.4 Å². The van der Waals surface area contributed by atoms with Gasteiger partial charge >= 0.3 is 5.97 Å². The number of anilines is 1. The number of fused-ring (bicyclic) bond motifs is 1. The Morgan fingerprint density at radius 1 is 1.14 bits per heavy atom. The molecule has 3 fully saturated rings. The van der Waals surface area contributed by atoms with Gasteiger partial charge in [0.15, 0.2) is 0 Å². The smallest absolute Gasteiger partial charge is 0.312 e. The van der Waals surface area contributed by atoms with E-state index in [1.165, 1.54) is 10.1 Å². The molecule has 9 heteroatoms. The first kappa shape index (κ1) is 22.6. The number of hydrogen-bond donors (Lipinski definition) is 1. The summed E-state index contributed by atoms with van der Waals surface area (Å²) in [5, 5.41) is 4.61. The Balaban J connectivity index is 0.00000120. The number of carbonyl (C=O) groups excluding carboxylic acids is 1. The lowest BCUT2D eigenvalue weighted by molar-refractivity contribution is -0.150. The van der Waals surface area contributed by atoms with E-state index in [4.69, 9.17) is 4.74 Å². The van der Waals surface area contributed by atoms with Gasteiger partial charge in [-0.2, -0.15) is 4.37 Å². The lowest BCUT2D eigenvalue weighted by Gasteiger charge is -2.36. The zero-order valence-corrected chi connectivity index (χ0v) is 18.8. The van der Waals surface area contributed by atoms with Crippen LogP contribution in [0.4, 0.5) is 5.82 Å². The minimum atomic E-state index is -0.211. The fourth-order valence-electron chi connectivity index (χ4n) is 4.78. The second-order valence-corrected chi connectivity index (χ2v) is 8.86. The average Bonchev–Trinajstić information content (AvgIpc) is 3.25. The van der Waals surface area contributed by atoms with Crippen molar-refractivity contribution >= 4 is 58.2 Å². The number of carbonyl (C=O) groups is 1. The van der Waals surface area contributed by atoms with Gasteiger partial charge in [-0.05, 0) is 49.6 Å². The molecule has 2 aromatic rings. The highest BCUT2D eigenvalue weighted by Crippen LogP contribution is 2.41. The van der Waals surface area contributed by atoms with Gasteiger partial charge < -0.3 is 15.0 Å². The van der Waals surface area contributed by atoms with Gasteiger partial charge in [0.25, 0.3) is 0 Å². The monoisotopic (exact) mass is 458 g/mol. The van der Waals surface area contributed by atoms with E-state index in [-0.39, 0.29) is 42.3 Å². The van der Waals surface area contributed by atoms with Crippen molar-refractivity contribution in [3.8, 4) is 0 Å². The molecule has 3 saturated heterocycles. The number of nitrogens with zero attached hydrogens (tertiary/aromatic N) is 3. The van der Waals surface area contributed by atoms with E-state index in [2.05, 4.69) is 43.8 Å². The van der Waals surface area contributed by atoms with Gasteiger partial charge in [0.1, 0.15) is 11.9 Å². The second-order valence-electron chi connectivity index (χ2n) is 8.05. The lowest BCUT2D eigenvalue weighted by Crippen LogP contribution is -2.48. The molecule has 3 aliphatic heterocycles. The number of hydrogen-bond acceptors (Lipinski definition) is 7. The summed E-state index contributed by atoms with van der Waals surface area (Å²) in [4.78, 5) is 17.3. The summed E-state index contributed by atoms with van der Waals surface area (Å²) in [7, 11) is 0. The lowest BCUT2D eigenvalue weighted by atomic mass is 9.76. The van der Waals surface area contributed by atoms with Gasteiger partial charge in [-0.3, -0.25) is 9.69 Å². The van der Waals surface area contributed by atoms with Crippen LogP contribution in [0.25, 0.3) is 10.1 Å². The summed E-state index contributed by atoms with van der Waals surface area (Å²) < 4.78 is 11.7. The zero-order chi connectivity index (χ0) is 18.3. The van der Waals surface area contributed by atoms with Crippen LogP contribution in [-0.2, 0) is 9.53 Å². The molecule has 160 valence electrons. The summed E-state index contributed by atoms with van der Waals surface area (Å²) >= 11 is 1.58. The van der Waals surface area contributed by atoms with Crippen molar-refractivity contribution in [3.63, 3.8) is 0 Å². The Bertz CT molecular complexity index is 835. The van der Waals surface area contributed by atoms with Crippen LogP contribution in [0.3, 0.4) is 0 Å². The van der Waals surface area contributed by atoms with Crippen LogP contribution >= 0.6 is 36.3 Å². The maximum Gasteiger partial charge on any atom is 0.312 e. The zero-order valence-electron chi connectivity index (χ0n) is 16.3. The first-order chi connectivity index (χ1) is 13.2. The van der Waals surface area contributed by atoms with Gasteiger partial charge in [-0.15, -0.1) is 24.8 Å². The van der Waals surface area contributed by atoms with Crippen molar-refractivity contribution in [1.82, 2.24) is 14.6 Å². The first-order valence-electron chi connectivity index (χ1n) is 9.97. The predicted octanol–water partition coefficient (Wildman–Crippen LogP) is 2.95. The maximum absolute atomic E-state index is 12.5. The molecule has 0 radical (unpaired) electrons. The first-order valence-corrected chi connectivity index (χ1v) is 10.7. The standard InChI is InChI=1S/C20H26N4O2S.2ClH/c25-19-20(5-7-21-8-6-20)13-15(26-19)14-23-9-11-24(12-10-23)18-16-3-1-2-4-17(16)27-22-18;;/h1-4,15,21H,5-14H2;2*1H. The van der Waals surface area contributed by atoms with Crippen LogP contribution in [0.5, 0.6) is 0 Å². The molecule has 1 N–H and O–H groups in total. The Kier molecular flexibility index (Phi) is 7.27. The van der Waals surface area contributed by atoms with Crippen molar-refractivity contribution in [1.29, 1.82) is 0 Å². The maximum atomic E-state index is 12.5. The average molecular weight is 459 g/mol.